The Morgan fingerprint density at radius 3 is 2.81 bits per heavy atom. The molecule has 0 aromatic carbocycles. The van der Waals surface area contributed by atoms with E-state index < -0.39 is 6.10 Å². The average molecular weight is 220 g/mol. The lowest BCUT2D eigenvalue weighted by atomic mass is 10.1. The minimum Gasteiger partial charge on any atom is -0.387 e. The van der Waals surface area contributed by atoms with Gasteiger partial charge in [0.2, 0.25) is 0 Å². The Morgan fingerprint density at radius 2 is 2.19 bits per heavy atom. The number of allylic oxidation sites excluding steroid dienone is 1. The highest BCUT2D eigenvalue weighted by Gasteiger charge is 2.08. The van der Waals surface area contributed by atoms with Crippen LogP contribution in [0, 0.1) is 0 Å². The van der Waals surface area contributed by atoms with Crippen LogP contribution in [-0.4, -0.2) is 22.7 Å². The van der Waals surface area contributed by atoms with Gasteiger partial charge < -0.3 is 10.4 Å². The Kier molecular flexibility index (Phi) is 5.75. The van der Waals surface area contributed by atoms with Crippen molar-refractivity contribution < 1.29 is 5.11 Å². The van der Waals surface area contributed by atoms with Crippen molar-refractivity contribution >= 4 is 0 Å². The fourth-order valence-electron chi connectivity index (χ4n) is 1.49. The minimum atomic E-state index is -0.464. The third-order valence-corrected chi connectivity index (χ3v) is 2.55. The van der Waals surface area contributed by atoms with Crippen molar-refractivity contribution in [1.29, 1.82) is 0 Å². The van der Waals surface area contributed by atoms with E-state index in [0.717, 1.165) is 18.4 Å². The van der Waals surface area contributed by atoms with Gasteiger partial charge in [0.1, 0.15) is 0 Å². The maximum atomic E-state index is 9.88. The van der Waals surface area contributed by atoms with Gasteiger partial charge in [0.05, 0.1) is 6.10 Å². The molecule has 1 rings (SSSR count). The van der Waals surface area contributed by atoms with Crippen LogP contribution in [0.15, 0.2) is 37.2 Å². The van der Waals surface area contributed by atoms with Gasteiger partial charge in [0.15, 0.2) is 0 Å². The number of aliphatic hydroxyl groups is 1. The van der Waals surface area contributed by atoms with Crippen LogP contribution in [0.2, 0.25) is 0 Å². The molecule has 0 fully saturated rings. The topological polar surface area (TPSA) is 45.1 Å². The minimum absolute atomic E-state index is 0.398. The third-order valence-electron chi connectivity index (χ3n) is 2.55. The number of aromatic nitrogens is 1. The zero-order valence-electron chi connectivity index (χ0n) is 9.76. The predicted molar refractivity (Wildman–Crippen MR) is 66.1 cm³/mol. The van der Waals surface area contributed by atoms with E-state index in [1.165, 1.54) is 0 Å². The summed E-state index contributed by atoms with van der Waals surface area (Å²) in [7, 11) is 0. The first kappa shape index (κ1) is 12.9. The standard InChI is InChI=1S/C13H20N2O/c1-3-4-5-11(2)15-10-13(16)12-6-8-14-9-7-12/h3,6-9,11,13,15-16H,1,4-5,10H2,2H3. The second-order valence-corrected chi connectivity index (χ2v) is 3.97. The Balaban J connectivity index is 2.30. The first-order valence-corrected chi connectivity index (χ1v) is 5.66. The van der Waals surface area contributed by atoms with Crippen LogP contribution >= 0.6 is 0 Å². The van der Waals surface area contributed by atoms with Gasteiger partial charge in [-0.1, -0.05) is 6.08 Å². The van der Waals surface area contributed by atoms with Crippen molar-refractivity contribution in [3.8, 4) is 0 Å². The van der Waals surface area contributed by atoms with E-state index >= 15 is 0 Å². The van der Waals surface area contributed by atoms with E-state index in [1.807, 2.05) is 18.2 Å². The molecular formula is C13H20N2O. The fourth-order valence-corrected chi connectivity index (χ4v) is 1.49. The van der Waals surface area contributed by atoms with E-state index in [9.17, 15) is 5.11 Å². The number of hydrogen-bond acceptors (Lipinski definition) is 3. The van der Waals surface area contributed by atoms with E-state index in [1.54, 1.807) is 12.4 Å². The van der Waals surface area contributed by atoms with Crippen LogP contribution in [0.5, 0.6) is 0 Å². The Labute approximate surface area is 97.2 Å². The van der Waals surface area contributed by atoms with Crippen LogP contribution in [0.25, 0.3) is 0 Å². The molecule has 0 aliphatic carbocycles. The van der Waals surface area contributed by atoms with Crippen molar-refractivity contribution in [2.75, 3.05) is 6.54 Å². The van der Waals surface area contributed by atoms with Gasteiger partial charge in [-0.3, -0.25) is 4.98 Å². The van der Waals surface area contributed by atoms with E-state index in [2.05, 4.69) is 23.8 Å². The molecule has 1 aromatic rings. The molecule has 2 atom stereocenters. The molecule has 0 aliphatic rings. The number of nitrogens with zero attached hydrogens (tertiary/aromatic N) is 1. The maximum absolute atomic E-state index is 9.88. The van der Waals surface area contributed by atoms with Gasteiger partial charge in [-0.2, -0.15) is 0 Å². The Morgan fingerprint density at radius 1 is 1.50 bits per heavy atom. The smallest absolute Gasteiger partial charge is 0.0915 e. The molecule has 0 spiro atoms. The Bertz CT molecular complexity index is 300. The highest BCUT2D eigenvalue weighted by atomic mass is 16.3. The van der Waals surface area contributed by atoms with Crippen molar-refractivity contribution in [3.05, 3.63) is 42.7 Å². The lowest BCUT2D eigenvalue weighted by Crippen LogP contribution is -2.30. The molecular weight excluding hydrogens is 200 g/mol. The molecule has 0 saturated carbocycles. The second-order valence-electron chi connectivity index (χ2n) is 3.97. The highest BCUT2D eigenvalue weighted by molar-refractivity contribution is 5.13. The number of rotatable bonds is 7. The lowest BCUT2D eigenvalue weighted by molar-refractivity contribution is 0.170. The van der Waals surface area contributed by atoms with Gasteiger partial charge in [0, 0.05) is 25.0 Å². The molecule has 1 heterocycles. The van der Waals surface area contributed by atoms with E-state index in [4.69, 9.17) is 0 Å². The van der Waals surface area contributed by atoms with Crippen LogP contribution in [0.4, 0.5) is 0 Å². The number of nitrogens with one attached hydrogen (secondary N) is 1. The van der Waals surface area contributed by atoms with Gasteiger partial charge in [-0.15, -0.1) is 6.58 Å². The second kappa shape index (κ2) is 7.14. The third kappa shape index (κ3) is 4.55. The molecule has 16 heavy (non-hydrogen) atoms. The summed E-state index contributed by atoms with van der Waals surface area (Å²) < 4.78 is 0. The average Bonchev–Trinajstić information content (AvgIpc) is 2.34. The van der Waals surface area contributed by atoms with E-state index in [0.29, 0.717) is 12.6 Å². The molecule has 88 valence electrons. The molecule has 0 saturated heterocycles. The lowest BCUT2D eigenvalue weighted by Gasteiger charge is -2.16. The molecule has 0 radical (unpaired) electrons. The molecule has 2 unspecified atom stereocenters. The summed E-state index contributed by atoms with van der Waals surface area (Å²) in [6, 6.07) is 4.07. The summed E-state index contributed by atoms with van der Waals surface area (Å²) >= 11 is 0. The summed E-state index contributed by atoms with van der Waals surface area (Å²) in [4.78, 5) is 3.92. The summed E-state index contributed by atoms with van der Waals surface area (Å²) in [6.45, 7) is 6.38. The maximum Gasteiger partial charge on any atom is 0.0915 e. The first-order valence-electron chi connectivity index (χ1n) is 5.66. The van der Waals surface area contributed by atoms with Crippen molar-refractivity contribution in [2.45, 2.75) is 31.9 Å². The van der Waals surface area contributed by atoms with Crippen LogP contribution in [-0.2, 0) is 0 Å². The zero-order valence-corrected chi connectivity index (χ0v) is 9.76. The highest BCUT2D eigenvalue weighted by Crippen LogP contribution is 2.10. The summed E-state index contributed by atoms with van der Waals surface area (Å²) in [5.74, 6) is 0. The van der Waals surface area contributed by atoms with Gasteiger partial charge in [-0.25, -0.2) is 0 Å². The van der Waals surface area contributed by atoms with Crippen molar-refractivity contribution in [1.82, 2.24) is 10.3 Å². The first-order chi connectivity index (χ1) is 7.74. The summed E-state index contributed by atoms with van der Waals surface area (Å²) in [5, 5.41) is 13.2. The molecule has 0 amide bonds. The Hall–Kier alpha value is -1.19. The molecule has 2 N–H and O–H groups in total. The fraction of sp³-hybridized carbons (Fsp3) is 0.462. The van der Waals surface area contributed by atoms with E-state index in [-0.39, 0.29) is 0 Å². The normalized spacial score (nSPS) is 14.4. The summed E-state index contributed by atoms with van der Waals surface area (Å²) in [5.41, 5.74) is 0.901. The molecule has 3 heteroatoms. The van der Waals surface area contributed by atoms with Gasteiger partial charge >= 0.3 is 0 Å². The quantitative estimate of drug-likeness (QED) is 0.691. The molecule has 3 nitrogen and oxygen atoms in total. The zero-order chi connectivity index (χ0) is 11.8. The number of aliphatic hydroxyl groups excluding tert-OH is 1. The van der Waals surface area contributed by atoms with Crippen molar-refractivity contribution in [3.63, 3.8) is 0 Å². The van der Waals surface area contributed by atoms with Crippen molar-refractivity contribution in [2.24, 2.45) is 0 Å². The molecule has 1 aromatic heterocycles. The van der Waals surface area contributed by atoms with Crippen LogP contribution in [0.3, 0.4) is 0 Å². The molecule has 0 aliphatic heterocycles. The monoisotopic (exact) mass is 220 g/mol. The SMILES string of the molecule is C=CCCC(C)NCC(O)c1ccncc1. The van der Waals surface area contributed by atoms with Gasteiger partial charge in [0.25, 0.3) is 0 Å². The summed E-state index contributed by atoms with van der Waals surface area (Å²) in [6.07, 6.45) is 6.89. The largest absolute Gasteiger partial charge is 0.387 e. The number of hydrogen-bond donors (Lipinski definition) is 2. The predicted octanol–water partition coefficient (Wildman–Crippen LogP) is 2.06. The number of pyridine rings is 1. The molecule has 0 bridgehead atoms. The van der Waals surface area contributed by atoms with Gasteiger partial charge in [-0.05, 0) is 37.5 Å². The van der Waals surface area contributed by atoms with Crippen LogP contribution in [0.1, 0.15) is 31.4 Å². The van der Waals surface area contributed by atoms with Crippen LogP contribution < -0.4 is 5.32 Å².